The van der Waals surface area contributed by atoms with Crippen molar-refractivity contribution in [2.24, 2.45) is 10.7 Å². The van der Waals surface area contributed by atoms with Gasteiger partial charge in [0.05, 0.1) is 6.04 Å². The fraction of sp³-hybridized carbons (Fsp3) is 0.700. The lowest BCUT2D eigenvalue weighted by molar-refractivity contribution is -0.119. The van der Waals surface area contributed by atoms with Crippen LogP contribution >= 0.6 is 0 Å². The molecule has 16 heavy (non-hydrogen) atoms. The molecule has 4 N–H and O–H groups in total. The molecule has 1 heterocycles. The number of hydrogen-bond donors (Lipinski definition) is 3. The predicted octanol–water partition coefficient (Wildman–Crippen LogP) is -0.853. The van der Waals surface area contributed by atoms with E-state index in [1.165, 1.54) is 6.92 Å². The summed E-state index contributed by atoms with van der Waals surface area (Å²) in [6, 6.07) is -0.636. The average molecular weight is 226 g/mol. The summed E-state index contributed by atoms with van der Waals surface area (Å²) in [5.41, 5.74) is 5.58. The number of rotatable bonds is 5. The van der Waals surface area contributed by atoms with Gasteiger partial charge in [0.25, 0.3) is 5.91 Å². The number of Topliss-reactive ketones (excluding diaryl/α,β-unsaturated/α-hetero) is 1. The molecule has 6 nitrogen and oxygen atoms in total. The van der Waals surface area contributed by atoms with E-state index in [2.05, 4.69) is 15.6 Å². The molecule has 6 heteroatoms. The zero-order valence-corrected chi connectivity index (χ0v) is 9.62. The normalized spacial score (nSPS) is 21.3. The highest BCUT2D eigenvalue weighted by atomic mass is 16.2. The third-order valence-electron chi connectivity index (χ3n) is 2.45. The van der Waals surface area contributed by atoms with Crippen LogP contribution in [0.5, 0.6) is 0 Å². The second kappa shape index (κ2) is 5.60. The zero-order valence-electron chi connectivity index (χ0n) is 9.62. The van der Waals surface area contributed by atoms with Gasteiger partial charge < -0.3 is 16.4 Å². The van der Waals surface area contributed by atoms with Gasteiger partial charge in [-0.2, -0.15) is 4.99 Å². The minimum Gasteiger partial charge on any atom is -0.356 e. The molecule has 0 bridgehead atoms. The Morgan fingerprint density at radius 3 is 2.88 bits per heavy atom. The molecular formula is C10H18N4O2. The lowest BCUT2D eigenvalue weighted by Gasteiger charge is -2.09. The van der Waals surface area contributed by atoms with Gasteiger partial charge in [-0.25, -0.2) is 0 Å². The van der Waals surface area contributed by atoms with Gasteiger partial charge in [0.1, 0.15) is 11.8 Å². The second-order valence-electron chi connectivity index (χ2n) is 3.95. The molecule has 0 aromatic rings. The van der Waals surface area contributed by atoms with Crippen molar-refractivity contribution in [1.29, 1.82) is 0 Å². The summed E-state index contributed by atoms with van der Waals surface area (Å²) in [5.74, 6) is 0.344. The molecule has 0 radical (unpaired) electrons. The molecule has 1 rings (SSSR count). The quantitative estimate of drug-likeness (QED) is 0.530. The van der Waals surface area contributed by atoms with Crippen LogP contribution in [-0.2, 0) is 9.59 Å². The van der Waals surface area contributed by atoms with E-state index < -0.39 is 0 Å². The van der Waals surface area contributed by atoms with E-state index in [9.17, 15) is 9.59 Å². The minimum atomic E-state index is -0.388. The number of guanidine groups is 1. The Labute approximate surface area is 94.7 Å². The number of carbonyl (C=O) groups excluding carboxylic acids is 2. The Hall–Kier alpha value is -1.43. The highest BCUT2D eigenvalue weighted by molar-refractivity contribution is 6.02. The SMILES string of the molecule is CC(=O)C(N)CCCNC1=NC(=O)C(C)N1. The van der Waals surface area contributed by atoms with Gasteiger partial charge in [0, 0.05) is 6.54 Å². The number of nitrogens with two attached hydrogens (primary N) is 1. The van der Waals surface area contributed by atoms with E-state index in [1.54, 1.807) is 6.92 Å². The number of ketones is 1. The van der Waals surface area contributed by atoms with Crippen molar-refractivity contribution in [3.8, 4) is 0 Å². The third kappa shape index (κ3) is 3.62. The topological polar surface area (TPSA) is 96.6 Å². The van der Waals surface area contributed by atoms with E-state index in [0.29, 0.717) is 18.9 Å². The third-order valence-corrected chi connectivity index (χ3v) is 2.45. The number of hydrogen-bond acceptors (Lipinski definition) is 5. The summed E-state index contributed by atoms with van der Waals surface area (Å²) in [5, 5.41) is 5.89. The van der Waals surface area contributed by atoms with Crippen LogP contribution in [-0.4, -0.2) is 36.3 Å². The van der Waals surface area contributed by atoms with Crippen molar-refractivity contribution in [3.63, 3.8) is 0 Å². The van der Waals surface area contributed by atoms with Gasteiger partial charge in [-0.15, -0.1) is 0 Å². The van der Waals surface area contributed by atoms with Crippen molar-refractivity contribution >= 4 is 17.6 Å². The molecule has 0 saturated carbocycles. The standard InChI is InChI=1S/C10H18N4O2/c1-6-9(16)14-10(13-6)12-5-3-4-8(11)7(2)15/h6,8H,3-5,11H2,1-2H3,(H2,12,13,14,16). The Morgan fingerprint density at radius 2 is 2.38 bits per heavy atom. The van der Waals surface area contributed by atoms with Crippen LogP contribution in [0.3, 0.4) is 0 Å². The highest BCUT2D eigenvalue weighted by Crippen LogP contribution is 1.97. The van der Waals surface area contributed by atoms with Gasteiger partial charge in [-0.05, 0) is 26.7 Å². The average Bonchev–Trinajstić information content (AvgIpc) is 2.53. The number of nitrogens with zero attached hydrogens (tertiary/aromatic N) is 1. The summed E-state index contributed by atoms with van der Waals surface area (Å²) < 4.78 is 0. The highest BCUT2D eigenvalue weighted by Gasteiger charge is 2.21. The second-order valence-corrected chi connectivity index (χ2v) is 3.95. The lowest BCUT2D eigenvalue weighted by atomic mass is 10.1. The first kappa shape index (κ1) is 12.6. The number of amides is 1. The lowest BCUT2D eigenvalue weighted by Crippen LogP contribution is -2.39. The van der Waals surface area contributed by atoms with Gasteiger partial charge >= 0.3 is 0 Å². The van der Waals surface area contributed by atoms with Crippen LogP contribution in [0.15, 0.2) is 4.99 Å². The van der Waals surface area contributed by atoms with Gasteiger partial charge in [0.15, 0.2) is 5.96 Å². The summed E-state index contributed by atoms with van der Waals surface area (Å²) in [7, 11) is 0. The Morgan fingerprint density at radius 1 is 1.69 bits per heavy atom. The molecule has 0 aliphatic carbocycles. The first-order valence-electron chi connectivity index (χ1n) is 5.39. The van der Waals surface area contributed by atoms with E-state index in [-0.39, 0.29) is 23.8 Å². The van der Waals surface area contributed by atoms with Crippen molar-refractivity contribution in [1.82, 2.24) is 10.6 Å². The molecule has 90 valence electrons. The monoisotopic (exact) mass is 226 g/mol. The molecule has 1 amide bonds. The molecule has 0 aromatic carbocycles. The molecule has 0 fully saturated rings. The maximum absolute atomic E-state index is 11.1. The smallest absolute Gasteiger partial charge is 0.271 e. The zero-order chi connectivity index (χ0) is 12.1. The van der Waals surface area contributed by atoms with E-state index in [4.69, 9.17) is 5.73 Å². The van der Waals surface area contributed by atoms with Crippen LogP contribution in [0, 0.1) is 0 Å². The predicted molar refractivity (Wildman–Crippen MR) is 60.9 cm³/mol. The minimum absolute atomic E-state index is 0.000122. The van der Waals surface area contributed by atoms with Crippen LogP contribution in [0.1, 0.15) is 26.7 Å². The first-order valence-corrected chi connectivity index (χ1v) is 5.39. The van der Waals surface area contributed by atoms with Gasteiger partial charge in [-0.1, -0.05) is 0 Å². The molecule has 0 aromatic heterocycles. The Bertz CT molecular complexity index is 314. The van der Waals surface area contributed by atoms with Crippen molar-refractivity contribution in [2.75, 3.05) is 6.54 Å². The fourth-order valence-electron chi connectivity index (χ4n) is 1.33. The Balaban J connectivity index is 2.15. The van der Waals surface area contributed by atoms with Crippen LogP contribution in [0.4, 0.5) is 0 Å². The number of nitrogens with one attached hydrogen (secondary N) is 2. The van der Waals surface area contributed by atoms with Crippen LogP contribution in [0.25, 0.3) is 0 Å². The largest absolute Gasteiger partial charge is 0.356 e. The molecule has 2 atom stereocenters. The van der Waals surface area contributed by atoms with Crippen LogP contribution < -0.4 is 16.4 Å². The van der Waals surface area contributed by atoms with Crippen molar-refractivity contribution < 1.29 is 9.59 Å². The number of carbonyl (C=O) groups is 2. The van der Waals surface area contributed by atoms with E-state index in [1.807, 2.05) is 0 Å². The Kier molecular flexibility index (Phi) is 4.42. The van der Waals surface area contributed by atoms with Crippen molar-refractivity contribution in [3.05, 3.63) is 0 Å². The summed E-state index contributed by atoms with van der Waals surface area (Å²) in [6.07, 6.45) is 1.41. The van der Waals surface area contributed by atoms with Gasteiger partial charge in [-0.3, -0.25) is 9.59 Å². The molecule has 1 aliphatic heterocycles. The van der Waals surface area contributed by atoms with Gasteiger partial charge in [0.2, 0.25) is 0 Å². The van der Waals surface area contributed by atoms with E-state index in [0.717, 1.165) is 6.42 Å². The molecule has 0 saturated heterocycles. The summed E-state index contributed by atoms with van der Waals surface area (Å²) in [4.78, 5) is 25.7. The molecule has 2 unspecified atom stereocenters. The summed E-state index contributed by atoms with van der Waals surface area (Å²) >= 11 is 0. The number of aliphatic imine (C=N–C) groups is 1. The molecule has 0 spiro atoms. The fourth-order valence-corrected chi connectivity index (χ4v) is 1.33. The van der Waals surface area contributed by atoms with E-state index >= 15 is 0 Å². The maximum Gasteiger partial charge on any atom is 0.271 e. The summed E-state index contributed by atoms with van der Waals surface area (Å²) in [6.45, 7) is 3.89. The molecule has 1 aliphatic rings. The molecular weight excluding hydrogens is 208 g/mol. The first-order chi connectivity index (χ1) is 7.50. The maximum atomic E-state index is 11.1. The van der Waals surface area contributed by atoms with Crippen LogP contribution in [0.2, 0.25) is 0 Å². The van der Waals surface area contributed by atoms with Crippen molar-refractivity contribution in [2.45, 2.75) is 38.8 Å².